The summed E-state index contributed by atoms with van der Waals surface area (Å²) in [6.07, 6.45) is 3.34. The van der Waals surface area contributed by atoms with Gasteiger partial charge in [0.1, 0.15) is 0 Å². The van der Waals surface area contributed by atoms with E-state index in [1.807, 2.05) is 0 Å². The second kappa shape index (κ2) is 8.24. The van der Waals surface area contributed by atoms with Crippen LogP contribution in [0.2, 0.25) is 10.0 Å². The topological polar surface area (TPSA) is 90.5 Å². The Morgan fingerprint density at radius 2 is 1.77 bits per heavy atom. The van der Waals surface area contributed by atoms with E-state index < -0.39 is 18.0 Å². The van der Waals surface area contributed by atoms with Crippen LogP contribution in [0, 0.1) is 0 Å². The number of amides is 4. The van der Waals surface area contributed by atoms with E-state index in [1.54, 1.807) is 23.1 Å². The van der Waals surface area contributed by atoms with Crippen molar-refractivity contribution in [2.24, 2.45) is 0 Å². The second-order valence-electron chi connectivity index (χ2n) is 6.57. The van der Waals surface area contributed by atoms with Crippen LogP contribution in [0.4, 0.5) is 10.5 Å². The highest BCUT2D eigenvalue weighted by atomic mass is 35.5. The minimum atomic E-state index is -0.480. The van der Waals surface area contributed by atoms with Gasteiger partial charge in [-0.05, 0) is 50.4 Å². The van der Waals surface area contributed by atoms with Crippen LogP contribution in [-0.4, -0.2) is 47.9 Å². The van der Waals surface area contributed by atoms with Crippen molar-refractivity contribution in [3.8, 4) is 0 Å². The molecule has 0 spiro atoms. The van der Waals surface area contributed by atoms with Crippen LogP contribution in [0.15, 0.2) is 18.2 Å². The molecule has 3 rings (SSSR count). The number of nitrogens with one attached hydrogen (secondary N) is 3. The molecule has 1 atom stereocenters. The zero-order valence-electron chi connectivity index (χ0n) is 14.1. The first kappa shape index (κ1) is 18.9. The number of imide groups is 1. The third kappa shape index (κ3) is 5.33. The summed E-state index contributed by atoms with van der Waals surface area (Å²) in [5.74, 6) is -0.648. The third-order valence-electron chi connectivity index (χ3n) is 4.31. The molecule has 1 saturated heterocycles. The average molecular weight is 399 g/mol. The van der Waals surface area contributed by atoms with Gasteiger partial charge in [0, 0.05) is 21.8 Å². The lowest BCUT2D eigenvalue weighted by Gasteiger charge is -2.23. The number of benzene rings is 1. The van der Waals surface area contributed by atoms with Gasteiger partial charge in [-0.25, -0.2) is 4.79 Å². The van der Waals surface area contributed by atoms with Crippen LogP contribution in [0.3, 0.4) is 0 Å². The van der Waals surface area contributed by atoms with Gasteiger partial charge in [0.15, 0.2) is 0 Å². The molecule has 2 aliphatic rings. The maximum absolute atomic E-state index is 12.6. The zero-order valence-corrected chi connectivity index (χ0v) is 15.6. The molecule has 1 aliphatic carbocycles. The molecule has 1 heterocycles. The number of urea groups is 1. The smallest absolute Gasteiger partial charge is 0.321 e. The van der Waals surface area contributed by atoms with Crippen LogP contribution >= 0.6 is 23.2 Å². The van der Waals surface area contributed by atoms with Gasteiger partial charge in [0.25, 0.3) is 0 Å². The summed E-state index contributed by atoms with van der Waals surface area (Å²) in [6, 6.07) is 4.06. The van der Waals surface area contributed by atoms with Crippen molar-refractivity contribution in [1.29, 1.82) is 0 Å². The molecule has 2 fully saturated rings. The number of hydrogen-bond acceptors (Lipinski definition) is 4. The number of carbonyl (C=O) groups excluding carboxylic acids is 3. The molecule has 0 aromatic heterocycles. The largest absolute Gasteiger partial charge is 0.335 e. The number of nitrogens with zero attached hydrogens (tertiary/aromatic N) is 1. The predicted molar refractivity (Wildman–Crippen MR) is 99.4 cm³/mol. The lowest BCUT2D eigenvalue weighted by atomic mass is 10.2. The molecule has 140 valence electrons. The molecule has 7 nitrogen and oxygen atoms in total. The number of rotatable bonds is 5. The predicted octanol–water partition coefficient (Wildman–Crippen LogP) is 2.38. The maximum Gasteiger partial charge on any atom is 0.321 e. The van der Waals surface area contributed by atoms with Crippen LogP contribution < -0.4 is 16.0 Å². The summed E-state index contributed by atoms with van der Waals surface area (Å²) >= 11 is 11.9. The molecule has 26 heavy (non-hydrogen) atoms. The van der Waals surface area contributed by atoms with E-state index in [1.165, 1.54) is 0 Å². The van der Waals surface area contributed by atoms with Gasteiger partial charge in [-0.2, -0.15) is 0 Å². The third-order valence-corrected chi connectivity index (χ3v) is 4.75. The molecular formula is C17H20Cl2N4O3. The minimum absolute atomic E-state index is 0.00746. The van der Waals surface area contributed by atoms with Gasteiger partial charge in [-0.15, -0.1) is 0 Å². The van der Waals surface area contributed by atoms with Crippen molar-refractivity contribution in [3.05, 3.63) is 28.2 Å². The van der Waals surface area contributed by atoms with Crippen molar-refractivity contribution in [1.82, 2.24) is 15.5 Å². The van der Waals surface area contributed by atoms with Gasteiger partial charge >= 0.3 is 6.03 Å². The van der Waals surface area contributed by atoms with Crippen LogP contribution in [0.1, 0.15) is 25.7 Å². The number of anilines is 1. The molecule has 0 bridgehead atoms. The van der Waals surface area contributed by atoms with Crippen LogP contribution in [0.5, 0.6) is 0 Å². The highest BCUT2D eigenvalue weighted by molar-refractivity contribution is 6.35. The van der Waals surface area contributed by atoms with Gasteiger partial charge in [-0.1, -0.05) is 23.2 Å². The number of hydrogen-bond donors (Lipinski definition) is 3. The molecular weight excluding hydrogens is 379 g/mol. The lowest BCUT2D eigenvalue weighted by molar-refractivity contribution is -0.124. The van der Waals surface area contributed by atoms with Gasteiger partial charge in [-0.3, -0.25) is 19.8 Å². The molecule has 1 saturated carbocycles. The van der Waals surface area contributed by atoms with E-state index >= 15 is 0 Å². The van der Waals surface area contributed by atoms with E-state index in [-0.39, 0.29) is 18.5 Å². The summed E-state index contributed by atoms with van der Waals surface area (Å²) in [7, 11) is 0. The Balaban J connectivity index is 1.53. The van der Waals surface area contributed by atoms with Crippen molar-refractivity contribution in [3.63, 3.8) is 0 Å². The number of carbonyl (C=O) groups is 3. The lowest BCUT2D eigenvalue weighted by Crippen LogP contribution is -2.48. The van der Waals surface area contributed by atoms with Gasteiger partial charge in [0.2, 0.25) is 11.8 Å². The summed E-state index contributed by atoms with van der Waals surface area (Å²) in [6.45, 7) is 0.610. The highest BCUT2D eigenvalue weighted by Crippen LogP contribution is 2.24. The van der Waals surface area contributed by atoms with Crippen molar-refractivity contribution < 1.29 is 14.4 Å². The normalized spacial score (nSPS) is 19.8. The van der Waals surface area contributed by atoms with Crippen LogP contribution in [-0.2, 0) is 9.59 Å². The second-order valence-corrected chi connectivity index (χ2v) is 7.44. The summed E-state index contributed by atoms with van der Waals surface area (Å²) in [5, 5.41) is 8.64. The highest BCUT2D eigenvalue weighted by Gasteiger charge is 2.32. The maximum atomic E-state index is 12.6. The molecule has 1 aromatic rings. The zero-order chi connectivity index (χ0) is 18.7. The van der Waals surface area contributed by atoms with Crippen molar-refractivity contribution in [2.45, 2.75) is 37.8 Å². The van der Waals surface area contributed by atoms with Crippen molar-refractivity contribution >= 4 is 46.7 Å². The quantitative estimate of drug-likeness (QED) is 0.709. The first-order valence-corrected chi connectivity index (χ1v) is 9.27. The van der Waals surface area contributed by atoms with E-state index in [0.717, 1.165) is 19.3 Å². The first-order chi connectivity index (χ1) is 12.4. The fraction of sp³-hybridized carbons (Fsp3) is 0.471. The van der Waals surface area contributed by atoms with E-state index in [9.17, 15) is 14.4 Å². The Morgan fingerprint density at radius 1 is 1.08 bits per heavy atom. The SMILES string of the molecule is O=C(CN1CCCC1C(=O)Nc1cc(Cl)cc(Cl)c1)NC(=O)NC1CC1. The molecule has 9 heteroatoms. The summed E-state index contributed by atoms with van der Waals surface area (Å²) in [5.41, 5.74) is 0.507. The summed E-state index contributed by atoms with van der Waals surface area (Å²) in [4.78, 5) is 38.0. The molecule has 4 amide bonds. The van der Waals surface area contributed by atoms with Crippen LogP contribution in [0.25, 0.3) is 0 Å². The Labute approximate surface area is 161 Å². The van der Waals surface area contributed by atoms with E-state index in [4.69, 9.17) is 23.2 Å². The molecule has 1 aromatic carbocycles. The van der Waals surface area contributed by atoms with E-state index in [0.29, 0.717) is 28.7 Å². The fourth-order valence-corrected chi connectivity index (χ4v) is 3.49. The first-order valence-electron chi connectivity index (χ1n) is 8.52. The van der Waals surface area contributed by atoms with Gasteiger partial charge in [0.05, 0.1) is 12.6 Å². The standard InChI is InChI=1S/C17H20Cl2N4O3/c18-10-6-11(19)8-13(7-10)20-16(25)14-2-1-5-23(14)9-15(24)22-17(26)21-12-3-4-12/h6-8,12,14H,1-5,9H2,(H,20,25)(H2,21,22,24,26). The Hall–Kier alpha value is -1.83. The Morgan fingerprint density at radius 3 is 2.42 bits per heavy atom. The van der Waals surface area contributed by atoms with Crippen molar-refractivity contribution in [2.75, 3.05) is 18.4 Å². The van der Waals surface area contributed by atoms with Gasteiger partial charge < -0.3 is 10.6 Å². The minimum Gasteiger partial charge on any atom is -0.335 e. The fourth-order valence-electron chi connectivity index (χ4n) is 2.96. The summed E-state index contributed by atoms with van der Waals surface area (Å²) < 4.78 is 0. The molecule has 1 aliphatic heterocycles. The Kier molecular flexibility index (Phi) is 6.01. The molecule has 3 N–H and O–H groups in total. The molecule has 1 unspecified atom stereocenters. The monoisotopic (exact) mass is 398 g/mol. The Bertz CT molecular complexity index is 704. The van der Waals surface area contributed by atoms with E-state index in [2.05, 4.69) is 16.0 Å². The number of halogens is 2. The average Bonchev–Trinajstić information content (AvgIpc) is 3.21. The molecule has 0 radical (unpaired) electrons. The number of likely N-dealkylation sites (tertiary alicyclic amines) is 1.